The van der Waals surface area contributed by atoms with Gasteiger partial charge in [0.25, 0.3) is 0 Å². The molecule has 0 aliphatic rings. The largest absolute Gasteiger partial charge is 0.339 e. The second-order valence-electron chi connectivity index (χ2n) is 10.0. The van der Waals surface area contributed by atoms with Crippen molar-refractivity contribution in [3.8, 4) is 0 Å². The molecule has 0 bridgehead atoms. The average molecular weight is 546 g/mol. The second-order valence-corrected chi connectivity index (χ2v) is 18.8. The van der Waals surface area contributed by atoms with Gasteiger partial charge in [-0.1, -0.05) is 39.2 Å². The van der Waals surface area contributed by atoms with Gasteiger partial charge in [-0.05, 0) is 18.9 Å². The Kier molecular flexibility index (Phi) is 22.3. The number of hydrogen-bond acceptors (Lipinski definition) is 5. The van der Waals surface area contributed by atoms with Gasteiger partial charge in [-0.3, -0.25) is 4.79 Å². The van der Waals surface area contributed by atoms with Crippen LogP contribution in [0.3, 0.4) is 0 Å². The van der Waals surface area contributed by atoms with Crippen LogP contribution in [-0.4, -0.2) is 84.5 Å². The Balaban J connectivity index is 0. The Morgan fingerprint density at radius 3 is 1.42 bits per heavy atom. The summed E-state index contributed by atoms with van der Waals surface area (Å²) < 4.78 is 17.5. The van der Waals surface area contributed by atoms with Crippen molar-refractivity contribution in [2.75, 3.05) is 46.0 Å². The molecule has 0 spiro atoms. The molecule has 0 aliphatic heterocycles. The summed E-state index contributed by atoms with van der Waals surface area (Å²) in [6.45, 7) is 29.2. The quantitative estimate of drug-likeness (QED) is 0.145. The third kappa shape index (κ3) is 18.1. The Morgan fingerprint density at radius 2 is 1.11 bits per heavy atom. The third-order valence-electron chi connectivity index (χ3n) is 5.56. The van der Waals surface area contributed by atoms with Gasteiger partial charge in [0.15, 0.2) is 0 Å². The summed E-state index contributed by atoms with van der Waals surface area (Å²) in [7, 11) is -3.87. The molecule has 0 saturated heterocycles. The second kappa shape index (κ2) is 21.8. The molecule has 0 aromatic rings. The molecule has 0 saturated carbocycles. The predicted octanol–water partition coefficient (Wildman–Crippen LogP) is 5.72. The van der Waals surface area contributed by atoms with Gasteiger partial charge in [-0.2, -0.15) is 0 Å². The molecule has 0 unspecified atom stereocenters. The molecule has 36 heavy (non-hydrogen) atoms. The van der Waals surface area contributed by atoms with Crippen LogP contribution in [0.4, 0.5) is 0 Å². The number of nitrogens with zero attached hydrogens (tertiary/aromatic N) is 2. The van der Waals surface area contributed by atoms with E-state index in [0.29, 0.717) is 26.4 Å². The first-order valence-corrected chi connectivity index (χ1v) is 19.8. The molecular weight excluding hydrogens is 488 g/mol. The zero-order valence-electron chi connectivity index (χ0n) is 24.8. The first-order chi connectivity index (χ1) is 17.0. The maximum Gasteiger partial charge on any atom is 0.245 e. The van der Waals surface area contributed by atoms with E-state index < -0.39 is 16.9 Å². The SMILES string of the molecule is C=CC(=O)N(CCC)CCC[SiH-](OCC)(OCC)OCC.C=CC(=O)N(CCC)CCC[Si](C)(C)C. The molecule has 2 amide bonds. The molecular formula is C27H57N2O5Si2-. The maximum absolute atomic E-state index is 11.8. The molecule has 0 aromatic carbocycles. The van der Waals surface area contributed by atoms with E-state index in [-0.39, 0.29) is 11.8 Å². The number of hydrogen-bond donors (Lipinski definition) is 0. The zero-order chi connectivity index (χ0) is 28.0. The third-order valence-corrected chi connectivity index (χ3v) is 11.1. The average Bonchev–Trinajstić information content (AvgIpc) is 2.82. The summed E-state index contributed by atoms with van der Waals surface area (Å²) in [6, 6.07) is 2.05. The van der Waals surface area contributed by atoms with Crippen LogP contribution in [0.2, 0.25) is 31.7 Å². The molecule has 0 rings (SSSR count). The standard InChI is InChI=1S/C15H32NO4Si.C12H25NOSi/c1-6-12-16(15(17)7-2)13-11-14-21(18-8-3,19-9-4)20-10-5;1-6-9-13(12(14)7-2)10-8-11-15(3,4)5/h7,21H,2,6,8-14H2,1,3-5H3;7H,2,6,8-11H2,1,3-5H3/q-1;. The van der Waals surface area contributed by atoms with E-state index in [1.807, 2.05) is 30.6 Å². The van der Waals surface area contributed by atoms with Crippen LogP contribution in [0, 0.1) is 0 Å². The summed E-state index contributed by atoms with van der Waals surface area (Å²) in [5.74, 6) is 0.0594. The van der Waals surface area contributed by atoms with E-state index in [1.165, 1.54) is 18.2 Å². The smallest absolute Gasteiger partial charge is 0.245 e. The van der Waals surface area contributed by atoms with E-state index >= 15 is 0 Å². The van der Waals surface area contributed by atoms with E-state index in [2.05, 4.69) is 46.6 Å². The maximum atomic E-state index is 11.8. The molecule has 0 fully saturated rings. The van der Waals surface area contributed by atoms with Crippen LogP contribution < -0.4 is 0 Å². The van der Waals surface area contributed by atoms with E-state index in [1.54, 1.807) is 0 Å². The minimum atomic E-state index is -2.91. The van der Waals surface area contributed by atoms with Crippen molar-refractivity contribution in [3.63, 3.8) is 0 Å². The van der Waals surface area contributed by atoms with Gasteiger partial charge in [0.05, 0.1) is 0 Å². The van der Waals surface area contributed by atoms with Crippen molar-refractivity contribution in [2.24, 2.45) is 0 Å². The molecule has 214 valence electrons. The molecule has 0 N–H and O–H groups in total. The van der Waals surface area contributed by atoms with Gasteiger partial charge in [0.2, 0.25) is 5.91 Å². The summed E-state index contributed by atoms with van der Waals surface area (Å²) >= 11 is 0. The van der Waals surface area contributed by atoms with Gasteiger partial charge in [0.1, 0.15) is 0 Å². The summed E-state index contributed by atoms with van der Waals surface area (Å²) in [5, 5.41) is 0. The van der Waals surface area contributed by atoms with Crippen LogP contribution in [0.1, 0.15) is 60.3 Å². The zero-order valence-corrected chi connectivity index (χ0v) is 26.9. The van der Waals surface area contributed by atoms with Crippen LogP contribution in [0.5, 0.6) is 0 Å². The van der Waals surface area contributed by atoms with E-state index in [4.69, 9.17) is 13.3 Å². The van der Waals surface area contributed by atoms with Gasteiger partial charge < -0.3 is 4.90 Å². The van der Waals surface area contributed by atoms with Gasteiger partial charge in [-0.15, -0.1) is 0 Å². The van der Waals surface area contributed by atoms with Gasteiger partial charge in [0, 0.05) is 21.2 Å². The molecule has 7 nitrogen and oxygen atoms in total. The Bertz CT molecular complexity index is 594. The molecule has 0 heterocycles. The van der Waals surface area contributed by atoms with Crippen molar-refractivity contribution < 1.29 is 22.9 Å². The summed E-state index contributed by atoms with van der Waals surface area (Å²) in [6.07, 6.45) is 6.71. The summed E-state index contributed by atoms with van der Waals surface area (Å²) in [5.41, 5.74) is 0. The first kappa shape index (κ1) is 36.9. The Hall–Kier alpha value is -1.27. The van der Waals surface area contributed by atoms with E-state index in [9.17, 15) is 9.59 Å². The van der Waals surface area contributed by atoms with Crippen LogP contribution in [0.15, 0.2) is 25.3 Å². The fraction of sp³-hybridized carbons (Fsp3) is 0.778. The van der Waals surface area contributed by atoms with Gasteiger partial charge >= 0.3 is 130 Å². The Morgan fingerprint density at radius 1 is 0.722 bits per heavy atom. The van der Waals surface area contributed by atoms with Crippen molar-refractivity contribution >= 4 is 28.7 Å². The molecule has 0 aromatic heterocycles. The number of carbonyl (C=O) groups is 2. The first-order valence-electron chi connectivity index (χ1n) is 13.9. The monoisotopic (exact) mass is 545 g/mol. The molecule has 0 radical (unpaired) electrons. The van der Waals surface area contributed by atoms with Crippen LogP contribution in [-0.2, 0) is 22.9 Å². The van der Waals surface area contributed by atoms with Gasteiger partial charge in [-0.25, -0.2) is 0 Å². The van der Waals surface area contributed by atoms with Crippen LogP contribution >= 0.6 is 0 Å². The number of rotatable bonds is 20. The minimum Gasteiger partial charge on any atom is -0.339 e. The normalized spacial score (nSPS) is 11.8. The number of carbonyl (C=O) groups excluding carboxylic acids is 2. The van der Waals surface area contributed by atoms with Crippen molar-refractivity contribution in [1.82, 2.24) is 9.80 Å². The van der Waals surface area contributed by atoms with Crippen LogP contribution in [0.25, 0.3) is 0 Å². The minimum absolute atomic E-state index is 0.0170. The molecule has 0 aliphatic carbocycles. The fourth-order valence-electron chi connectivity index (χ4n) is 3.95. The van der Waals surface area contributed by atoms with Crippen molar-refractivity contribution in [2.45, 2.75) is 92.0 Å². The van der Waals surface area contributed by atoms with Crippen molar-refractivity contribution in [1.29, 1.82) is 0 Å². The molecule has 0 atom stereocenters. The summed E-state index contributed by atoms with van der Waals surface area (Å²) in [4.78, 5) is 27.0. The van der Waals surface area contributed by atoms with E-state index in [0.717, 1.165) is 51.4 Å². The molecule has 9 heteroatoms. The van der Waals surface area contributed by atoms with Crippen molar-refractivity contribution in [3.05, 3.63) is 25.3 Å². The number of amides is 2. The predicted molar refractivity (Wildman–Crippen MR) is 158 cm³/mol. The topological polar surface area (TPSA) is 68.3 Å². The Labute approximate surface area is 224 Å². The fourth-order valence-corrected chi connectivity index (χ4v) is 8.16.